The second-order valence-corrected chi connectivity index (χ2v) is 5.28. The fraction of sp³-hybridized carbons (Fsp3) is 0.600. The number of hydrogen-bond donors (Lipinski definition) is 2. The van der Waals surface area contributed by atoms with Crippen LogP contribution in [-0.2, 0) is 6.54 Å². The van der Waals surface area contributed by atoms with Crippen molar-refractivity contribution in [2.24, 2.45) is 0 Å². The summed E-state index contributed by atoms with van der Waals surface area (Å²) in [6.07, 6.45) is 4.07. The van der Waals surface area contributed by atoms with Gasteiger partial charge in [-0.3, -0.25) is 0 Å². The fourth-order valence-electron chi connectivity index (χ4n) is 2.86. The Kier molecular flexibility index (Phi) is 3.89. The van der Waals surface area contributed by atoms with Gasteiger partial charge in [-0.05, 0) is 18.9 Å². The molecule has 0 unspecified atom stereocenters. The lowest BCUT2D eigenvalue weighted by Crippen LogP contribution is -2.41. The quantitative estimate of drug-likeness (QED) is 0.874. The first kappa shape index (κ1) is 12.8. The Morgan fingerprint density at radius 1 is 1.16 bits per heavy atom. The number of benzene rings is 1. The van der Waals surface area contributed by atoms with E-state index in [2.05, 4.69) is 11.4 Å². The molecule has 19 heavy (non-hydrogen) atoms. The number of fused-ring (bicyclic) bond motifs is 1. The predicted molar refractivity (Wildman–Crippen MR) is 72.5 cm³/mol. The van der Waals surface area contributed by atoms with E-state index in [-0.39, 0.29) is 12.1 Å². The minimum atomic E-state index is -0.217. The van der Waals surface area contributed by atoms with Crippen molar-refractivity contribution in [1.29, 1.82) is 0 Å². The Morgan fingerprint density at radius 2 is 2.00 bits per heavy atom. The molecule has 4 nitrogen and oxygen atoms in total. The number of para-hydroxylation sites is 1. The Bertz CT molecular complexity index is 435. The maximum absolute atomic E-state index is 9.97. The van der Waals surface area contributed by atoms with Gasteiger partial charge in [0.2, 0.25) is 0 Å². The van der Waals surface area contributed by atoms with Crippen molar-refractivity contribution < 1.29 is 14.6 Å². The van der Waals surface area contributed by atoms with Gasteiger partial charge < -0.3 is 19.9 Å². The van der Waals surface area contributed by atoms with E-state index in [1.807, 2.05) is 12.1 Å². The first-order chi connectivity index (χ1) is 9.34. The highest BCUT2D eigenvalue weighted by atomic mass is 16.6. The first-order valence-corrected chi connectivity index (χ1v) is 7.13. The summed E-state index contributed by atoms with van der Waals surface area (Å²) in [5.74, 6) is 1.68. The summed E-state index contributed by atoms with van der Waals surface area (Å²) in [5, 5.41) is 13.4. The molecule has 0 amide bonds. The Hall–Kier alpha value is -1.26. The van der Waals surface area contributed by atoms with Gasteiger partial charge in [0.05, 0.1) is 6.10 Å². The number of hydrogen-bond acceptors (Lipinski definition) is 4. The van der Waals surface area contributed by atoms with Crippen LogP contribution in [-0.4, -0.2) is 30.5 Å². The lowest BCUT2D eigenvalue weighted by Gasteiger charge is -2.29. The Morgan fingerprint density at radius 3 is 2.89 bits per heavy atom. The van der Waals surface area contributed by atoms with Gasteiger partial charge in [-0.2, -0.15) is 0 Å². The van der Waals surface area contributed by atoms with Crippen LogP contribution in [0.5, 0.6) is 11.5 Å². The molecule has 1 aromatic rings. The molecule has 0 saturated heterocycles. The van der Waals surface area contributed by atoms with E-state index < -0.39 is 0 Å². The average Bonchev–Trinajstić information content (AvgIpc) is 2.46. The smallest absolute Gasteiger partial charge is 0.165 e. The zero-order valence-electron chi connectivity index (χ0n) is 11.1. The van der Waals surface area contributed by atoms with E-state index in [1.165, 1.54) is 6.42 Å². The molecular formula is C15H21NO3. The van der Waals surface area contributed by atoms with Crippen molar-refractivity contribution in [2.45, 2.75) is 44.4 Å². The topological polar surface area (TPSA) is 50.7 Å². The van der Waals surface area contributed by atoms with Crippen molar-refractivity contribution in [3.63, 3.8) is 0 Å². The second-order valence-electron chi connectivity index (χ2n) is 5.28. The third kappa shape index (κ3) is 2.85. The summed E-state index contributed by atoms with van der Waals surface area (Å²) in [6.45, 7) is 1.94. The zero-order valence-corrected chi connectivity index (χ0v) is 11.1. The standard InChI is InChI=1S/C15H21NO3/c17-13-6-2-1-5-12(13)16-10-11-4-3-7-14-15(11)19-9-8-18-14/h3-4,7,12-13,16-17H,1-2,5-6,8-10H2/t12-,13-/m1/s1. The van der Waals surface area contributed by atoms with Gasteiger partial charge in [-0.15, -0.1) is 0 Å². The van der Waals surface area contributed by atoms with Crippen LogP contribution in [0.4, 0.5) is 0 Å². The van der Waals surface area contributed by atoms with Crippen molar-refractivity contribution in [1.82, 2.24) is 5.32 Å². The summed E-state index contributed by atoms with van der Waals surface area (Å²) < 4.78 is 11.3. The van der Waals surface area contributed by atoms with Crippen molar-refractivity contribution >= 4 is 0 Å². The molecule has 0 bridgehead atoms. The number of aliphatic hydroxyl groups is 1. The lowest BCUT2D eigenvalue weighted by atomic mass is 9.92. The molecule has 2 atom stereocenters. The SMILES string of the molecule is O[C@@H]1CCCC[C@H]1NCc1cccc2c1OCCO2. The predicted octanol–water partition coefficient (Wildman–Crippen LogP) is 1.85. The van der Waals surface area contributed by atoms with E-state index in [4.69, 9.17) is 9.47 Å². The fourth-order valence-corrected chi connectivity index (χ4v) is 2.86. The molecule has 0 radical (unpaired) electrons. The second kappa shape index (κ2) is 5.80. The molecule has 1 saturated carbocycles. The van der Waals surface area contributed by atoms with Gasteiger partial charge in [0.1, 0.15) is 13.2 Å². The van der Waals surface area contributed by atoms with Gasteiger partial charge in [0, 0.05) is 18.2 Å². The monoisotopic (exact) mass is 263 g/mol. The summed E-state index contributed by atoms with van der Waals surface area (Å²) in [5.41, 5.74) is 1.11. The van der Waals surface area contributed by atoms with Crippen LogP contribution in [0.1, 0.15) is 31.2 Å². The van der Waals surface area contributed by atoms with Gasteiger partial charge >= 0.3 is 0 Å². The highest BCUT2D eigenvalue weighted by Gasteiger charge is 2.23. The molecule has 0 spiro atoms. The molecule has 2 N–H and O–H groups in total. The van der Waals surface area contributed by atoms with Crippen molar-refractivity contribution in [3.8, 4) is 11.5 Å². The minimum absolute atomic E-state index is 0.203. The Balaban J connectivity index is 1.66. The van der Waals surface area contributed by atoms with Gasteiger partial charge in [0.25, 0.3) is 0 Å². The molecule has 1 heterocycles. The van der Waals surface area contributed by atoms with Gasteiger partial charge in [-0.25, -0.2) is 0 Å². The number of aliphatic hydroxyl groups excluding tert-OH is 1. The Labute approximate surface area is 113 Å². The normalized spacial score (nSPS) is 26.2. The molecule has 2 aliphatic rings. The number of ether oxygens (including phenoxy) is 2. The van der Waals surface area contributed by atoms with Gasteiger partial charge in [0.15, 0.2) is 11.5 Å². The van der Waals surface area contributed by atoms with Crippen LogP contribution < -0.4 is 14.8 Å². The van der Waals surface area contributed by atoms with Crippen LogP contribution >= 0.6 is 0 Å². The summed E-state index contributed by atoms with van der Waals surface area (Å²) in [4.78, 5) is 0. The van der Waals surface area contributed by atoms with Crippen molar-refractivity contribution in [2.75, 3.05) is 13.2 Å². The van der Waals surface area contributed by atoms with E-state index in [0.717, 1.165) is 36.3 Å². The minimum Gasteiger partial charge on any atom is -0.486 e. The third-order valence-electron chi connectivity index (χ3n) is 3.93. The van der Waals surface area contributed by atoms with Crippen LogP contribution in [0.3, 0.4) is 0 Å². The maximum atomic E-state index is 9.97. The first-order valence-electron chi connectivity index (χ1n) is 7.13. The number of nitrogens with one attached hydrogen (secondary N) is 1. The molecule has 1 fully saturated rings. The molecular weight excluding hydrogens is 242 g/mol. The summed E-state index contributed by atoms with van der Waals surface area (Å²) in [6, 6.07) is 6.18. The third-order valence-corrected chi connectivity index (χ3v) is 3.93. The molecule has 3 rings (SSSR count). The molecule has 1 aliphatic carbocycles. The zero-order chi connectivity index (χ0) is 13.1. The van der Waals surface area contributed by atoms with Gasteiger partial charge in [-0.1, -0.05) is 25.0 Å². The summed E-state index contributed by atoms with van der Waals surface area (Å²) in [7, 11) is 0. The molecule has 104 valence electrons. The number of rotatable bonds is 3. The van der Waals surface area contributed by atoms with Crippen LogP contribution in [0.2, 0.25) is 0 Å². The summed E-state index contributed by atoms with van der Waals surface area (Å²) >= 11 is 0. The van der Waals surface area contributed by atoms with E-state index in [9.17, 15) is 5.11 Å². The van der Waals surface area contributed by atoms with Crippen LogP contribution in [0, 0.1) is 0 Å². The largest absolute Gasteiger partial charge is 0.486 e. The van der Waals surface area contributed by atoms with E-state index in [0.29, 0.717) is 19.8 Å². The molecule has 1 aliphatic heterocycles. The van der Waals surface area contributed by atoms with E-state index in [1.54, 1.807) is 0 Å². The highest BCUT2D eigenvalue weighted by Crippen LogP contribution is 2.33. The van der Waals surface area contributed by atoms with Crippen LogP contribution in [0.25, 0.3) is 0 Å². The highest BCUT2D eigenvalue weighted by molar-refractivity contribution is 5.47. The molecule has 1 aromatic carbocycles. The van der Waals surface area contributed by atoms with E-state index >= 15 is 0 Å². The lowest BCUT2D eigenvalue weighted by molar-refractivity contribution is 0.0899. The van der Waals surface area contributed by atoms with Crippen molar-refractivity contribution in [3.05, 3.63) is 23.8 Å². The van der Waals surface area contributed by atoms with Crippen LogP contribution in [0.15, 0.2) is 18.2 Å². The molecule has 4 heteroatoms. The average molecular weight is 263 g/mol. The maximum Gasteiger partial charge on any atom is 0.165 e. The molecule has 0 aromatic heterocycles.